The van der Waals surface area contributed by atoms with E-state index in [0.29, 0.717) is 18.4 Å². The first-order valence-electron chi connectivity index (χ1n) is 9.59. The van der Waals surface area contributed by atoms with Crippen molar-refractivity contribution in [2.24, 2.45) is 5.92 Å². The number of anilines is 2. The fourth-order valence-corrected chi connectivity index (χ4v) is 4.23. The van der Waals surface area contributed by atoms with Gasteiger partial charge in [-0.25, -0.2) is 9.78 Å². The zero-order valence-corrected chi connectivity index (χ0v) is 17.7. The standard InChI is InChI=1S/C21H24N4O3S/c1-12(2)17-11-28-21(26)25(17)19-18-16(9-10-29-18)23-20(24-19)22-13(3)14-5-7-15(27-4)8-6-14/h5-10,12-13,17H,11H2,1-4H3,(H,22,23,24)/t13-,17+/m0/s1. The maximum absolute atomic E-state index is 12.5. The summed E-state index contributed by atoms with van der Waals surface area (Å²) in [5.41, 5.74) is 1.90. The first kappa shape index (κ1) is 19.4. The molecule has 0 aliphatic carbocycles. The average molecular weight is 413 g/mol. The van der Waals surface area contributed by atoms with Gasteiger partial charge in [0.15, 0.2) is 5.82 Å². The number of thiophene rings is 1. The normalized spacial score (nSPS) is 17.6. The summed E-state index contributed by atoms with van der Waals surface area (Å²) in [6, 6.07) is 9.75. The molecule has 1 fully saturated rings. The van der Waals surface area contributed by atoms with E-state index in [1.165, 1.54) is 11.3 Å². The Labute approximate surface area is 173 Å². The van der Waals surface area contributed by atoms with Gasteiger partial charge in [0.2, 0.25) is 5.95 Å². The third-order valence-electron chi connectivity index (χ3n) is 5.15. The van der Waals surface area contributed by atoms with Gasteiger partial charge >= 0.3 is 6.09 Å². The molecule has 1 aromatic carbocycles. The Kier molecular flexibility index (Phi) is 5.27. The number of rotatable bonds is 6. The molecule has 3 heterocycles. The first-order chi connectivity index (χ1) is 14.0. The van der Waals surface area contributed by atoms with Crippen LogP contribution in [0.3, 0.4) is 0 Å². The van der Waals surface area contributed by atoms with Crippen LogP contribution in [-0.2, 0) is 4.74 Å². The second kappa shape index (κ2) is 7.87. The zero-order chi connectivity index (χ0) is 20.5. The summed E-state index contributed by atoms with van der Waals surface area (Å²) in [7, 11) is 1.65. The molecular weight excluding hydrogens is 388 g/mol. The molecule has 152 valence electrons. The fourth-order valence-electron chi connectivity index (χ4n) is 3.42. The highest BCUT2D eigenvalue weighted by atomic mass is 32.1. The molecule has 2 atom stereocenters. The van der Waals surface area contributed by atoms with Crippen LogP contribution in [0.1, 0.15) is 32.4 Å². The third-order valence-corrected chi connectivity index (χ3v) is 6.05. The second-order valence-electron chi connectivity index (χ2n) is 7.40. The van der Waals surface area contributed by atoms with Crippen LogP contribution in [0.2, 0.25) is 0 Å². The number of nitrogens with zero attached hydrogens (tertiary/aromatic N) is 3. The molecule has 4 rings (SSSR count). The molecule has 0 spiro atoms. The van der Waals surface area contributed by atoms with E-state index >= 15 is 0 Å². The maximum atomic E-state index is 12.5. The Morgan fingerprint density at radius 2 is 1.97 bits per heavy atom. The number of methoxy groups -OCH3 is 1. The summed E-state index contributed by atoms with van der Waals surface area (Å²) in [6.45, 7) is 6.58. The van der Waals surface area contributed by atoms with Crippen molar-refractivity contribution >= 4 is 39.4 Å². The topological polar surface area (TPSA) is 76.6 Å². The van der Waals surface area contributed by atoms with Gasteiger partial charge in [0.05, 0.1) is 29.4 Å². The Hall–Kier alpha value is -2.87. The van der Waals surface area contributed by atoms with Crippen LogP contribution in [0.15, 0.2) is 35.7 Å². The van der Waals surface area contributed by atoms with Crippen LogP contribution in [0.25, 0.3) is 10.2 Å². The zero-order valence-electron chi connectivity index (χ0n) is 16.9. The summed E-state index contributed by atoms with van der Waals surface area (Å²) in [5.74, 6) is 2.15. The predicted molar refractivity (Wildman–Crippen MR) is 115 cm³/mol. The number of benzene rings is 1. The van der Waals surface area contributed by atoms with Crippen LogP contribution >= 0.6 is 11.3 Å². The Morgan fingerprint density at radius 3 is 2.66 bits per heavy atom. The molecule has 29 heavy (non-hydrogen) atoms. The highest BCUT2D eigenvalue weighted by Crippen LogP contribution is 2.35. The van der Waals surface area contributed by atoms with Gasteiger partial charge in [-0.15, -0.1) is 11.3 Å². The summed E-state index contributed by atoms with van der Waals surface area (Å²) in [5, 5.41) is 5.33. The monoisotopic (exact) mass is 412 g/mol. The van der Waals surface area contributed by atoms with Gasteiger partial charge in [-0.1, -0.05) is 26.0 Å². The minimum Gasteiger partial charge on any atom is -0.497 e. The number of nitrogens with one attached hydrogen (secondary N) is 1. The number of carbonyl (C=O) groups is 1. The molecule has 2 aromatic heterocycles. The van der Waals surface area contributed by atoms with E-state index in [0.717, 1.165) is 21.5 Å². The second-order valence-corrected chi connectivity index (χ2v) is 8.32. The van der Waals surface area contributed by atoms with Crippen molar-refractivity contribution in [1.29, 1.82) is 0 Å². The number of ether oxygens (including phenoxy) is 2. The lowest BCUT2D eigenvalue weighted by atomic mass is 10.0. The van der Waals surface area contributed by atoms with E-state index in [1.54, 1.807) is 12.0 Å². The van der Waals surface area contributed by atoms with E-state index in [2.05, 4.69) is 24.1 Å². The van der Waals surface area contributed by atoms with Crippen LogP contribution in [0.5, 0.6) is 5.75 Å². The number of aromatic nitrogens is 2. The van der Waals surface area contributed by atoms with E-state index in [1.807, 2.05) is 42.6 Å². The molecule has 3 aromatic rings. The molecule has 1 N–H and O–H groups in total. The smallest absolute Gasteiger partial charge is 0.415 e. The predicted octanol–water partition coefficient (Wildman–Crippen LogP) is 4.85. The van der Waals surface area contributed by atoms with Crippen molar-refractivity contribution in [3.05, 3.63) is 41.3 Å². The lowest BCUT2D eigenvalue weighted by Gasteiger charge is -2.24. The summed E-state index contributed by atoms with van der Waals surface area (Å²) in [6.07, 6.45) is -0.355. The SMILES string of the molecule is COc1ccc([C@H](C)Nc2nc(N3C(=O)OC[C@@H]3C(C)C)c3sccc3n2)cc1. The Bertz CT molecular complexity index is 1020. The number of fused-ring (bicyclic) bond motifs is 1. The van der Waals surface area contributed by atoms with Crippen LogP contribution in [0, 0.1) is 5.92 Å². The maximum Gasteiger partial charge on any atom is 0.415 e. The quantitative estimate of drug-likeness (QED) is 0.623. The molecule has 0 saturated carbocycles. The van der Waals surface area contributed by atoms with Crippen LogP contribution < -0.4 is 15.0 Å². The van der Waals surface area contributed by atoms with E-state index < -0.39 is 0 Å². The van der Waals surface area contributed by atoms with Crippen molar-refractivity contribution in [3.8, 4) is 5.75 Å². The van der Waals surface area contributed by atoms with Crippen molar-refractivity contribution in [1.82, 2.24) is 9.97 Å². The lowest BCUT2D eigenvalue weighted by molar-refractivity contribution is 0.177. The number of cyclic esters (lactones) is 1. The molecule has 7 nitrogen and oxygen atoms in total. The molecule has 8 heteroatoms. The van der Waals surface area contributed by atoms with Gasteiger partial charge in [0.25, 0.3) is 0 Å². The Balaban J connectivity index is 1.68. The highest BCUT2D eigenvalue weighted by molar-refractivity contribution is 7.17. The molecular formula is C21H24N4O3S. The number of amides is 1. The minimum absolute atomic E-state index is 0.0173. The molecule has 0 bridgehead atoms. The first-order valence-corrected chi connectivity index (χ1v) is 10.5. The van der Waals surface area contributed by atoms with Crippen molar-refractivity contribution in [2.45, 2.75) is 32.9 Å². The van der Waals surface area contributed by atoms with Crippen molar-refractivity contribution < 1.29 is 14.3 Å². The van der Waals surface area contributed by atoms with E-state index in [-0.39, 0.29) is 24.1 Å². The largest absolute Gasteiger partial charge is 0.497 e. The fraction of sp³-hybridized carbons (Fsp3) is 0.381. The van der Waals surface area contributed by atoms with Crippen molar-refractivity contribution in [3.63, 3.8) is 0 Å². The number of hydrogen-bond acceptors (Lipinski definition) is 7. The number of carbonyl (C=O) groups excluding carboxylic acids is 1. The lowest BCUT2D eigenvalue weighted by Crippen LogP contribution is -2.38. The van der Waals surface area contributed by atoms with Gasteiger partial charge in [-0.3, -0.25) is 4.90 Å². The molecule has 0 radical (unpaired) electrons. The van der Waals surface area contributed by atoms with Gasteiger partial charge < -0.3 is 14.8 Å². The Morgan fingerprint density at radius 1 is 1.21 bits per heavy atom. The van der Waals surface area contributed by atoms with Gasteiger partial charge in [-0.2, -0.15) is 4.98 Å². The van der Waals surface area contributed by atoms with Gasteiger partial charge in [0, 0.05) is 0 Å². The summed E-state index contributed by atoms with van der Waals surface area (Å²) in [4.78, 5) is 23.5. The minimum atomic E-state index is -0.355. The molecule has 1 amide bonds. The molecule has 1 aliphatic rings. The molecule has 1 aliphatic heterocycles. The highest BCUT2D eigenvalue weighted by Gasteiger charge is 2.38. The van der Waals surface area contributed by atoms with Gasteiger partial charge in [0.1, 0.15) is 12.4 Å². The van der Waals surface area contributed by atoms with E-state index in [4.69, 9.17) is 14.5 Å². The van der Waals surface area contributed by atoms with E-state index in [9.17, 15) is 4.79 Å². The summed E-state index contributed by atoms with van der Waals surface area (Å²) >= 11 is 1.53. The summed E-state index contributed by atoms with van der Waals surface area (Å²) < 4.78 is 11.4. The number of hydrogen-bond donors (Lipinski definition) is 1. The van der Waals surface area contributed by atoms with Crippen LogP contribution in [-0.4, -0.2) is 35.8 Å². The van der Waals surface area contributed by atoms with Gasteiger partial charge in [-0.05, 0) is 42.0 Å². The third kappa shape index (κ3) is 3.72. The average Bonchev–Trinajstić information content (AvgIpc) is 3.34. The van der Waals surface area contributed by atoms with Crippen LogP contribution in [0.4, 0.5) is 16.6 Å². The van der Waals surface area contributed by atoms with Crippen molar-refractivity contribution in [2.75, 3.05) is 23.9 Å². The molecule has 1 saturated heterocycles. The molecule has 0 unspecified atom stereocenters.